The Labute approximate surface area is 176 Å². The highest BCUT2D eigenvalue weighted by Crippen LogP contribution is 2.34. The van der Waals surface area contributed by atoms with Crippen LogP contribution in [0.2, 0.25) is 0 Å². The van der Waals surface area contributed by atoms with Crippen LogP contribution in [0.5, 0.6) is 0 Å². The molecule has 29 heavy (non-hydrogen) atoms. The van der Waals surface area contributed by atoms with Crippen LogP contribution in [0.1, 0.15) is 40.0 Å². The van der Waals surface area contributed by atoms with E-state index in [1.165, 1.54) is 23.1 Å². The van der Waals surface area contributed by atoms with Gasteiger partial charge in [-0.15, -0.1) is 23.7 Å². The van der Waals surface area contributed by atoms with E-state index >= 15 is 0 Å². The zero-order chi connectivity index (χ0) is 20.3. The number of nitrogens with zero attached hydrogens (tertiary/aromatic N) is 1. The van der Waals surface area contributed by atoms with E-state index in [4.69, 9.17) is 10.8 Å². The number of hydrogen-bond acceptors (Lipinski definition) is 6. The number of halogens is 1. The fourth-order valence-electron chi connectivity index (χ4n) is 3.03. The van der Waals surface area contributed by atoms with Crippen molar-refractivity contribution in [3.05, 3.63) is 56.4 Å². The van der Waals surface area contributed by atoms with Gasteiger partial charge in [-0.25, -0.2) is 9.78 Å². The van der Waals surface area contributed by atoms with Gasteiger partial charge in [0, 0.05) is 24.0 Å². The number of aromatic amines is 1. The van der Waals surface area contributed by atoms with Crippen LogP contribution in [0, 0.1) is 0 Å². The van der Waals surface area contributed by atoms with Gasteiger partial charge in [0.2, 0.25) is 11.7 Å². The summed E-state index contributed by atoms with van der Waals surface area (Å²) in [6.07, 6.45) is 2.93. The fourth-order valence-corrected chi connectivity index (χ4v) is 4.29. The van der Waals surface area contributed by atoms with Gasteiger partial charge in [0.05, 0.1) is 5.39 Å². The minimum Gasteiger partial charge on any atom is -0.475 e. The van der Waals surface area contributed by atoms with Crippen LogP contribution < -0.4 is 16.6 Å². The Morgan fingerprint density at radius 3 is 2.55 bits per heavy atom. The summed E-state index contributed by atoms with van der Waals surface area (Å²) in [4.78, 5) is 41.1. The van der Waals surface area contributed by atoms with Gasteiger partial charge < -0.3 is 21.1 Å². The Balaban J connectivity index is 0.000000209. The van der Waals surface area contributed by atoms with E-state index < -0.39 is 5.97 Å². The number of nitrogens with two attached hydrogens (primary N) is 1. The Morgan fingerprint density at radius 2 is 1.97 bits per heavy atom. The van der Waals surface area contributed by atoms with E-state index in [-0.39, 0.29) is 29.7 Å². The first-order chi connectivity index (χ1) is 13.4. The maximum absolute atomic E-state index is 11.8. The monoisotopic (exact) mass is 436 g/mol. The van der Waals surface area contributed by atoms with Gasteiger partial charge in [-0.1, -0.05) is 12.1 Å². The molecule has 8 nitrogen and oxygen atoms in total. The Morgan fingerprint density at radius 1 is 1.28 bits per heavy atom. The summed E-state index contributed by atoms with van der Waals surface area (Å²) in [6.45, 7) is 2.01. The average molecular weight is 437 g/mol. The van der Waals surface area contributed by atoms with Gasteiger partial charge in [-0.05, 0) is 42.5 Å². The summed E-state index contributed by atoms with van der Waals surface area (Å²) >= 11 is 1.44. The van der Waals surface area contributed by atoms with Gasteiger partial charge in [0.25, 0.3) is 5.56 Å². The second-order valence-corrected chi connectivity index (χ2v) is 7.42. The Bertz CT molecular complexity index is 1090. The van der Waals surface area contributed by atoms with Crippen molar-refractivity contribution in [2.45, 2.75) is 32.7 Å². The predicted molar refractivity (Wildman–Crippen MR) is 115 cm³/mol. The second kappa shape index (κ2) is 9.64. The zero-order valence-electron chi connectivity index (χ0n) is 15.7. The number of amides is 1. The topological polar surface area (TPSA) is 138 Å². The van der Waals surface area contributed by atoms with Crippen molar-refractivity contribution in [2.75, 3.05) is 5.32 Å². The number of aryl methyl sites for hydroxylation is 2. The number of aromatic nitrogens is 2. The number of fused-ring (bicyclic) bond motifs is 3. The maximum atomic E-state index is 11.8. The van der Waals surface area contributed by atoms with Crippen molar-refractivity contribution >= 4 is 51.5 Å². The normalized spacial score (nSPS) is 11.8. The molecule has 1 aliphatic rings. The fraction of sp³-hybridized carbons (Fsp3) is 0.263. The van der Waals surface area contributed by atoms with E-state index in [0.717, 1.165) is 36.1 Å². The van der Waals surface area contributed by atoms with E-state index in [9.17, 15) is 14.4 Å². The SMILES string of the molecule is CC(=O)Nc1ccc(CN)cc1.Cl.O=C(O)c1nc2sc3c(c2c(=O)[nH]1)CCC3. The Kier molecular flexibility index (Phi) is 7.49. The molecule has 2 heterocycles. The highest BCUT2D eigenvalue weighted by atomic mass is 35.5. The third-order valence-electron chi connectivity index (χ3n) is 4.29. The predicted octanol–water partition coefficient (Wildman–Crippen LogP) is 2.70. The van der Waals surface area contributed by atoms with Gasteiger partial charge in [-0.2, -0.15) is 0 Å². The molecule has 0 radical (unpaired) electrons. The highest BCUT2D eigenvalue weighted by molar-refractivity contribution is 7.18. The number of rotatable bonds is 3. The first kappa shape index (κ1) is 22.5. The van der Waals surface area contributed by atoms with Gasteiger partial charge in [-0.3, -0.25) is 9.59 Å². The maximum Gasteiger partial charge on any atom is 0.372 e. The first-order valence-electron chi connectivity index (χ1n) is 8.73. The number of carbonyl (C=O) groups excluding carboxylic acids is 1. The second-order valence-electron chi connectivity index (χ2n) is 6.34. The summed E-state index contributed by atoms with van der Waals surface area (Å²) in [6, 6.07) is 7.46. The van der Waals surface area contributed by atoms with Crippen LogP contribution >= 0.6 is 23.7 Å². The summed E-state index contributed by atoms with van der Waals surface area (Å²) in [5, 5.41) is 12.0. The number of aromatic carboxylic acids is 1. The van der Waals surface area contributed by atoms with Crippen molar-refractivity contribution in [1.82, 2.24) is 9.97 Å². The van der Waals surface area contributed by atoms with Crippen molar-refractivity contribution in [3.63, 3.8) is 0 Å². The largest absolute Gasteiger partial charge is 0.475 e. The molecule has 3 aromatic rings. The number of thiophene rings is 1. The lowest BCUT2D eigenvalue weighted by atomic mass is 10.2. The molecule has 0 bridgehead atoms. The summed E-state index contributed by atoms with van der Waals surface area (Å²) in [5.41, 5.74) is 8.01. The van der Waals surface area contributed by atoms with E-state index in [1.807, 2.05) is 24.3 Å². The van der Waals surface area contributed by atoms with Gasteiger partial charge in [0.1, 0.15) is 4.83 Å². The number of nitrogens with one attached hydrogen (secondary N) is 2. The third-order valence-corrected chi connectivity index (χ3v) is 5.47. The van der Waals surface area contributed by atoms with Crippen LogP contribution in [0.4, 0.5) is 5.69 Å². The van der Waals surface area contributed by atoms with Crippen LogP contribution in [0.25, 0.3) is 10.2 Å². The van der Waals surface area contributed by atoms with Crippen LogP contribution in [-0.2, 0) is 24.2 Å². The van der Waals surface area contributed by atoms with E-state index in [0.29, 0.717) is 16.8 Å². The summed E-state index contributed by atoms with van der Waals surface area (Å²) < 4.78 is 0. The third kappa shape index (κ3) is 5.20. The summed E-state index contributed by atoms with van der Waals surface area (Å²) in [5.74, 6) is -1.54. The molecule has 0 saturated heterocycles. The standard InChI is InChI=1S/C10H8N2O3S.C9H12N2O.ClH/c13-8-6-4-2-1-3-5(4)16-9(6)12-7(11-8)10(14)15;1-7(12)11-9-4-2-8(6-10)3-5-9;/h1-3H2,(H,14,15)(H,11,12,13);2-5H,6,10H2,1H3,(H,11,12);1H. The van der Waals surface area contributed by atoms with Crippen molar-refractivity contribution in [1.29, 1.82) is 0 Å². The number of carboxylic acid groups (broad SMARTS) is 1. The molecule has 0 aliphatic heterocycles. The molecule has 2 aromatic heterocycles. The zero-order valence-corrected chi connectivity index (χ0v) is 17.3. The quantitative estimate of drug-likeness (QED) is 0.498. The van der Waals surface area contributed by atoms with Crippen molar-refractivity contribution < 1.29 is 14.7 Å². The minimum atomic E-state index is -1.20. The number of benzene rings is 1. The lowest BCUT2D eigenvalue weighted by molar-refractivity contribution is -0.114. The van der Waals surface area contributed by atoms with E-state index in [2.05, 4.69) is 15.3 Å². The molecule has 154 valence electrons. The molecule has 1 aromatic carbocycles. The molecular formula is C19H21ClN4O4S. The molecule has 0 spiro atoms. The Hall–Kier alpha value is -2.75. The number of anilines is 1. The number of H-pyrrole nitrogens is 1. The van der Waals surface area contributed by atoms with Gasteiger partial charge in [0.15, 0.2) is 0 Å². The van der Waals surface area contributed by atoms with Gasteiger partial charge >= 0.3 is 5.97 Å². The molecule has 1 aliphatic carbocycles. The molecular weight excluding hydrogens is 416 g/mol. The molecule has 10 heteroatoms. The molecule has 4 rings (SSSR count). The average Bonchev–Trinajstić information content (AvgIpc) is 3.23. The number of carboxylic acids is 1. The van der Waals surface area contributed by atoms with E-state index in [1.54, 1.807) is 0 Å². The summed E-state index contributed by atoms with van der Waals surface area (Å²) in [7, 11) is 0. The van der Waals surface area contributed by atoms with Crippen LogP contribution in [0.3, 0.4) is 0 Å². The number of hydrogen-bond donors (Lipinski definition) is 4. The van der Waals surface area contributed by atoms with Crippen molar-refractivity contribution in [2.24, 2.45) is 5.73 Å². The lowest BCUT2D eigenvalue weighted by Gasteiger charge is -2.01. The molecule has 0 saturated carbocycles. The smallest absolute Gasteiger partial charge is 0.372 e. The molecule has 0 fully saturated rings. The molecule has 0 unspecified atom stereocenters. The van der Waals surface area contributed by atoms with Crippen molar-refractivity contribution in [3.8, 4) is 0 Å². The van der Waals surface area contributed by atoms with Crippen LogP contribution in [-0.4, -0.2) is 27.0 Å². The minimum absolute atomic E-state index is 0. The van der Waals surface area contributed by atoms with Crippen LogP contribution in [0.15, 0.2) is 29.1 Å². The first-order valence-corrected chi connectivity index (χ1v) is 9.55. The lowest BCUT2D eigenvalue weighted by Crippen LogP contribution is -2.15. The highest BCUT2D eigenvalue weighted by Gasteiger charge is 2.22. The molecule has 1 amide bonds. The molecule has 5 N–H and O–H groups in total. The number of carbonyl (C=O) groups is 2. The molecule has 0 atom stereocenters.